The lowest BCUT2D eigenvalue weighted by atomic mass is 10.3. The summed E-state index contributed by atoms with van der Waals surface area (Å²) in [7, 11) is -2.70. The Labute approximate surface area is 136 Å². The molecule has 2 aromatic rings. The summed E-state index contributed by atoms with van der Waals surface area (Å²) >= 11 is 3.34. The van der Waals surface area contributed by atoms with Crippen molar-refractivity contribution in [2.45, 2.75) is 4.90 Å². The second-order valence-electron chi connectivity index (χ2n) is 4.19. The van der Waals surface area contributed by atoms with Crippen LogP contribution in [0.3, 0.4) is 0 Å². The number of hydrogen-bond acceptors (Lipinski definition) is 5. The number of aromatic nitrogens is 1. The molecule has 0 saturated carbocycles. The van der Waals surface area contributed by atoms with E-state index in [2.05, 4.69) is 31.5 Å². The summed E-state index contributed by atoms with van der Waals surface area (Å²) < 4.78 is 27.2. The van der Waals surface area contributed by atoms with E-state index in [0.717, 1.165) is 4.47 Å². The molecule has 22 heavy (non-hydrogen) atoms. The lowest BCUT2D eigenvalue weighted by Crippen LogP contribution is -2.37. The first-order valence-electron chi connectivity index (χ1n) is 6.13. The molecule has 0 aliphatic heterocycles. The molecule has 0 aliphatic carbocycles. The molecule has 3 N–H and O–H groups in total. The fourth-order valence-electron chi connectivity index (χ4n) is 1.65. The predicted octanol–water partition coefficient (Wildman–Crippen LogP) is 2.21. The van der Waals surface area contributed by atoms with E-state index in [1.807, 2.05) is 16.9 Å². The van der Waals surface area contributed by atoms with Crippen LogP contribution in [0.4, 0.5) is 16.2 Å². The number of pyridine rings is 1. The van der Waals surface area contributed by atoms with Gasteiger partial charge >= 0.3 is 6.03 Å². The van der Waals surface area contributed by atoms with E-state index in [1.165, 1.54) is 25.5 Å². The molecule has 1 aromatic carbocycles. The Balaban J connectivity index is 2.36. The van der Waals surface area contributed by atoms with E-state index < -0.39 is 16.1 Å². The maximum absolute atomic E-state index is 12.2. The monoisotopic (exact) mass is 384 g/mol. The van der Waals surface area contributed by atoms with Crippen molar-refractivity contribution < 1.29 is 13.2 Å². The van der Waals surface area contributed by atoms with Crippen LogP contribution in [0.5, 0.6) is 0 Å². The second kappa shape index (κ2) is 6.75. The van der Waals surface area contributed by atoms with Crippen LogP contribution in [0, 0.1) is 0 Å². The first kappa shape index (κ1) is 16.2. The molecule has 9 heteroatoms. The minimum Gasteiger partial charge on any atom is -0.354 e. The van der Waals surface area contributed by atoms with Crippen LogP contribution in [-0.2, 0) is 10.0 Å². The molecule has 116 valence electrons. The highest BCUT2D eigenvalue weighted by molar-refractivity contribution is 9.10. The van der Waals surface area contributed by atoms with Gasteiger partial charge < -0.3 is 10.6 Å². The van der Waals surface area contributed by atoms with Gasteiger partial charge in [-0.25, -0.2) is 17.9 Å². The van der Waals surface area contributed by atoms with E-state index in [4.69, 9.17) is 0 Å². The molecule has 0 spiro atoms. The molecule has 0 bridgehead atoms. The van der Waals surface area contributed by atoms with Crippen molar-refractivity contribution in [2.75, 3.05) is 12.4 Å². The molecule has 0 saturated heterocycles. The van der Waals surface area contributed by atoms with Crippen molar-refractivity contribution in [1.29, 1.82) is 0 Å². The van der Waals surface area contributed by atoms with Crippen LogP contribution < -0.4 is 15.4 Å². The number of nitrogens with zero attached hydrogens (tertiary/aromatic N) is 1. The normalized spacial score (nSPS) is 10.8. The van der Waals surface area contributed by atoms with Crippen LogP contribution in [0.2, 0.25) is 0 Å². The fraction of sp³-hybridized carbons (Fsp3) is 0.0769. The van der Waals surface area contributed by atoms with Gasteiger partial charge in [0.25, 0.3) is 10.0 Å². The summed E-state index contributed by atoms with van der Waals surface area (Å²) in [5.74, 6) is 0. The number of carbonyl (C=O) groups excluding carboxylic acids is 1. The van der Waals surface area contributed by atoms with Crippen LogP contribution in [0.25, 0.3) is 0 Å². The van der Waals surface area contributed by atoms with E-state index in [-0.39, 0.29) is 4.90 Å². The van der Waals surface area contributed by atoms with E-state index in [1.54, 1.807) is 12.1 Å². The Hall–Kier alpha value is -2.13. The van der Waals surface area contributed by atoms with Gasteiger partial charge in [-0.3, -0.25) is 4.98 Å². The molecule has 7 nitrogen and oxygen atoms in total. The van der Waals surface area contributed by atoms with Crippen LogP contribution in [-0.4, -0.2) is 26.5 Å². The van der Waals surface area contributed by atoms with Gasteiger partial charge in [0, 0.05) is 29.6 Å². The summed E-state index contributed by atoms with van der Waals surface area (Å²) in [6, 6.07) is 7.93. The summed E-state index contributed by atoms with van der Waals surface area (Å²) in [5.41, 5.74) is 1.00. The molecule has 2 amide bonds. The van der Waals surface area contributed by atoms with Crippen molar-refractivity contribution in [1.82, 2.24) is 15.0 Å². The minimum absolute atomic E-state index is 0.126. The molecule has 0 aliphatic rings. The number of anilines is 2. The number of urea groups is 1. The van der Waals surface area contributed by atoms with Gasteiger partial charge in [0.2, 0.25) is 0 Å². The number of rotatable bonds is 4. The largest absolute Gasteiger partial charge is 0.354 e. The Morgan fingerprint density at radius 1 is 1.27 bits per heavy atom. The highest BCUT2D eigenvalue weighted by Gasteiger charge is 2.21. The Morgan fingerprint density at radius 2 is 2.05 bits per heavy atom. The molecule has 0 radical (unpaired) electrons. The quantitative estimate of drug-likeness (QED) is 0.749. The average molecular weight is 385 g/mol. The molecule has 0 fully saturated rings. The molecule has 1 heterocycles. The lowest BCUT2D eigenvalue weighted by molar-refractivity contribution is 0.248. The van der Waals surface area contributed by atoms with Gasteiger partial charge in [-0.1, -0.05) is 22.0 Å². The van der Waals surface area contributed by atoms with Gasteiger partial charge in [-0.15, -0.1) is 0 Å². The number of nitrogens with one attached hydrogen (secondary N) is 3. The van der Waals surface area contributed by atoms with Gasteiger partial charge in [0.15, 0.2) is 0 Å². The third-order valence-corrected chi connectivity index (χ3v) is 4.48. The summed E-state index contributed by atoms with van der Waals surface area (Å²) in [5, 5.41) is 5.18. The third kappa shape index (κ3) is 3.95. The molecule has 0 atom stereocenters. The zero-order valence-corrected chi connectivity index (χ0v) is 13.9. The van der Waals surface area contributed by atoms with Gasteiger partial charge in [-0.05, 0) is 24.3 Å². The number of sulfonamides is 1. The van der Waals surface area contributed by atoms with Crippen LogP contribution in [0.1, 0.15) is 0 Å². The predicted molar refractivity (Wildman–Crippen MR) is 86.4 cm³/mol. The highest BCUT2D eigenvalue weighted by Crippen LogP contribution is 2.25. The summed E-state index contributed by atoms with van der Waals surface area (Å²) in [6.07, 6.45) is 2.63. The summed E-state index contributed by atoms with van der Waals surface area (Å²) in [6.45, 7) is 0. The average Bonchev–Trinajstić information content (AvgIpc) is 2.47. The second-order valence-corrected chi connectivity index (χ2v) is 6.76. The van der Waals surface area contributed by atoms with Crippen molar-refractivity contribution >= 4 is 43.4 Å². The van der Waals surface area contributed by atoms with E-state index >= 15 is 0 Å². The Kier molecular flexibility index (Phi) is 4.99. The highest BCUT2D eigenvalue weighted by atomic mass is 79.9. The van der Waals surface area contributed by atoms with Crippen molar-refractivity contribution in [3.8, 4) is 0 Å². The summed E-state index contributed by atoms with van der Waals surface area (Å²) in [4.78, 5) is 14.9. The zero-order chi connectivity index (χ0) is 16.2. The number of halogens is 1. The maximum atomic E-state index is 12.2. The molecule has 2 rings (SSSR count). The van der Waals surface area contributed by atoms with Gasteiger partial charge in [-0.2, -0.15) is 0 Å². The maximum Gasteiger partial charge on any atom is 0.328 e. The Morgan fingerprint density at radius 3 is 2.73 bits per heavy atom. The minimum atomic E-state index is -4.03. The molecule has 0 unspecified atom stereocenters. The smallest absolute Gasteiger partial charge is 0.328 e. The van der Waals surface area contributed by atoms with E-state index in [9.17, 15) is 13.2 Å². The first-order valence-corrected chi connectivity index (χ1v) is 8.41. The first-order chi connectivity index (χ1) is 10.4. The van der Waals surface area contributed by atoms with Crippen molar-refractivity contribution in [2.24, 2.45) is 0 Å². The lowest BCUT2D eigenvalue weighted by Gasteiger charge is -2.12. The molecular formula is C13H13BrN4O3S. The number of benzene rings is 1. The molecule has 1 aromatic heterocycles. The zero-order valence-electron chi connectivity index (χ0n) is 11.5. The van der Waals surface area contributed by atoms with Crippen molar-refractivity contribution in [3.05, 3.63) is 47.2 Å². The standard InChI is InChI=1S/C13H13BrN4O3S/c1-15-13(19)18-22(20,21)12-8-16-6-5-11(12)17-10-4-2-3-9(14)7-10/h2-8H,1H3,(H,16,17)(H2,15,18,19). The van der Waals surface area contributed by atoms with Gasteiger partial charge in [0.1, 0.15) is 4.90 Å². The number of hydrogen-bond donors (Lipinski definition) is 3. The Bertz CT molecular complexity index is 795. The van der Waals surface area contributed by atoms with E-state index in [0.29, 0.717) is 11.4 Å². The molecular weight excluding hydrogens is 372 g/mol. The van der Waals surface area contributed by atoms with Crippen LogP contribution in [0.15, 0.2) is 52.1 Å². The fourth-order valence-corrected chi connectivity index (χ4v) is 3.11. The topological polar surface area (TPSA) is 100 Å². The number of amides is 2. The SMILES string of the molecule is CNC(=O)NS(=O)(=O)c1cnccc1Nc1cccc(Br)c1. The van der Waals surface area contributed by atoms with Crippen LogP contribution >= 0.6 is 15.9 Å². The number of carbonyl (C=O) groups is 1. The third-order valence-electron chi connectivity index (χ3n) is 2.63. The van der Waals surface area contributed by atoms with Gasteiger partial charge in [0.05, 0.1) is 5.69 Å². The van der Waals surface area contributed by atoms with Crippen molar-refractivity contribution in [3.63, 3.8) is 0 Å².